The summed E-state index contributed by atoms with van der Waals surface area (Å²) in [5.41, 5.74) is 0.269. The van der Waals surface area contributed by atoms with E-state index in [0.29, 0.717) is 0 Å². The number of rotatable bonds is 6. The average Bonchev–Trinajstić information content (AvgIpc) is 2.45. The van der Waals surface area contributed by atoms with Crippen molar-refractivity contribution in [2.24, 2.45) is 5.92 Å². The van der Waals surface area contributed by atoms with Gasteiger partial charge in [0.25, 0.3) is 0 Å². The van der Waals surface area contributed by atoms with Crippen molar-refractivity contribution in [1.82, 2.24) is 0 Å². The van der Waals surface area contributed by atoms with E-state index in [2.05, 4.69) is 0 Å². The molecule has 0 saturated carbocycles. The minimum atomic E-state index is -6.93. The number of benzene rings is 1. The highest BCUT2D eigenvalue weighted by atomic mass is 19.4. The summed E-state index contributed by atoms with van der Waals surface area (Å²) >= 11 is 0. The maximum atomic E-state index is 13.5. The van der Waals surface area contributed by atoms with Crippen molar-refractivity contribution in [3.05, 3.63) is 35.9 Å². The average molecular weight is 363 g/mol. The second kappa shape index (κ2) is 6.53. The number of hydrogen-bond acceptors (Lipinski definition) is 1. The Labute approximate surface area is 130 Å². The first-order valence-corrected chi connectivity index (χ1v) is 6.40. The van der Waals surface area contributed by atoms with Crippen molar-refractivity contribution < 1.29 is 39.5 Å². The highest BCUT2D eigenvalue weighted by Gasteiger charge is 2.81. The Morgan fingerprint density at radius 3 is 1.75 bits per heavy atom. The van der Waals surface area contributed by atoms with Crippen LogP contribution >= 0.6 is 0 Å². The zero-order valence-corrected chi connectivity index (χ0v) is 11.7. The molecule has 0 amide bonds. The Morgan fingerprint density at radius 1 is 0.833 bits per heavy atom. The summed E-state index contributed by atoms with van der Waals surface area (Å²) < 4.78 is 115. The molecule has 1 nitrogen and oxygen atoms in total. The van der Waals surface area contributed by atoms with Crippen LogP contribution in [-0.2, 0) is 6.42 Å². The summed E-state index contributed by atoms with van der Waals surface area (Å²) in [6.07, 6.45) is -9.50. The maximum absolute atomic E-state index is 13.5. The normalized spacial score (nSPS) is 15.0. The van der Waals surface area contributed by atoms with Crippen LogP contribution in [0.4, 0.5) is 39.5 Å². The molecule has 0 spiro atoms. The molecule has 1 rings (SSSR count). The van der Waals surface area contributed by atoms with Gasteiger partial charge in [-0.25, -0.2) is 0 Å². The van der Waals surface area contributed by atoms with Crippen molar-refractivity contribution in [3.63, 3.8) is 0 Å². The third-order valence-electron chi connectivity index (χ3n) is 3.22. The fraction of sp³-hybridized carbons (Fsp3) is 0.500. The fourth-order valence-corrected chi connectivity index (χ4v) is 1.91. The summed E-state index contributed by atoms with van der Waals surface area (Å²) in [7, 11) is 0. The fourth-order valence-electron chi connectivity index (χ4n) is 1.91. The number of halogens is 9. The molecule has 0 heterocycles. The molecule has 1 unspecified atom stereocenters. The van der Waals surface area contributed by atoms with Gasteiger partial charge < -0.3 is 0 Å². The van der Waals surface area contributed by atoms with E-state index in [1.54, 1.807) is 0 Å². The molecule has 0 saturated heterocycles. The predicted octanol–water partition coefficient (Wildman–Crippen LogP) is 5.23. The van der Waals surface area contributed by atoms with Crippen LogP contribution in [0.2, 0.25) is 0 Å². The molecule has 1 atom stereocenters. The molecule has 0 bridgehead atoms. The van der Waals surface area contributed by atoms with Gasteiger partial charge in [-0.05, 0) is 12.0 Å². The van der Waals surface area contributed by atoms with Crippen LogP contribution in [0.3, 0.4) is 0 Å². The second-order valence-corrected chi connectivity index (χ2v) is 5.07. The van der Waals surface area contributed by atoms with Gasteiger partial charge in [-0.3, -0.25) is 0 Å². The van der Waals surface area contributed by atoms with Crippen LogP contribution in [0.15, 0.2) is 30.3 Å². The molecule has 10 heteroatoms. The van der Waals surface area contributed by atoms with Crippen LogP contribution < -0.4 is 0 Å². The first-order valence-electron chi connectivity index (χ1n) is 6.40. The summed E-state index contributed by atoms with van der Waals surface area (Å²) in [6.45, 7) is 0. The maximum Gasteiger partial charge on any atom is 0.460 e. The Hall–Kier alpha value is -1.92. The lowest BCUT2D eigenvalue weighted by atomic mass is 9.90. The molecule has 134 valence electrons. The largest absolute Gasteiger partial charge is 0.460 e. The van der Waals surface area contributed by atoms with Crippen LogP contribution in [0.1, 0.15) is 12.0 Å². The standard InChI is InChI=1S/C14H10F9N/c15-11(16,12(17,18)13(19,20)14(21,22)23)7-10(8-24)6-9-4-2-1-3-5-9/h1-5,10H,6-7H2. The van der Waals surface area contributed by atoms with Gasteiger partial charge in [0.1, 0.15) is 0 Å². The highest BCUT2D eigenvalue weighted by molar-refractivity contribution is 5.17. The lowest BCUT2D eigenvalue weighted by Gasteiger charge is -2.34. The van der Waals surface area contributed by atoms with Gasteiger partial charge in [-0.1, -0.05) is 30.3 Å². The van der Waals surface area contributed by atoms with E-state index in [4.69, 9.17) is 5.26 Å². The Balaban J connectivity index is 3.03. The third-order valence-corrected chi connectivity index (χ3v) is 3.22. The van der Waals surface area contributed by atoms with E-state index in [0.717, 1.165) is 0 Å². The molecule has 0 radical (unpaired) electrons. The van der Waals surface area contributed by atoms with Gasteiger partial charge >= 0.3 is 23.9 Å². The summed E-state index contributed by atoms with van der Waals surface area (Å²) in [6, 6.07) is 8.41. The van der Waals surface area contributed by atoms with Crippen LogP contribution in [0.5, 0.6) is 0 Å². The highest BCUT2D eigenvalue weighted by Crippen LogP contribution is 2.54. The Kier molecular flexibility index (Phi) is 5.48. The van der Waals surface area contributed by atoms with Gasteiger partial charge in [-0.2, -0.15) is 44.8 Å². The molecule has 0 aliphatic heterocycles. The number of nitriles is 1. The van der Waals surface area contributed by atoms with Crippen LogP contribution in [0, 0.1) is 17.2 Å². The molecular formula is C14H10F9N. The summed E-state index contributed by atoms with van der Waals surface area (Å²) in [4.78, 5) is 0. The van der Waals surface area contributed by atoms with Crippen LogP contribution in [-0.4, -0.2) is 23.9 Å². The summed E-state index contributed by atoms with van der Waals surface area (Å²) in [5.74, 6) is -21.2. The SMILES string of the molecule is N#CC(Cc1ccccc1)CC(F)(F)C(F)(F)C(F)(F)C(F)(F)F. The molecule has 0 aliphatic carbocycles. The topological polar surface area (TPSA) is 23.8 Å². The minimum Gasteiger partial charge on any atom is -0.200 e. The van der Waals surface area contributed by atoms with E-state index in [-0.39, 0.29) is 5.56 Å². The zero-order chi connectivity index (χ0) is 18.8. The monoisotopic (exact) mass is 363 g/mol. The van der Waals surface area contributed by atoms with Gasteiger partial charge in [0, 0.05) is 6.42 Å². The minimum absolute atomic E-state index is 0.269. The number of nitrogens with zero attached hydrogens (tertiary/aromatic N) is 1. The van der Waals surface area contributed by atoms with Crippen molar-refractivity contribution in [1.29, 1.82) is 5.26 Å². The first kappa shape index (κ1) is 20.1. The van der Waals surface area contributed by atoms with E-state index >= 15 is 0 Å². The molecule has 0 N–H and O–H groups in total. The smallest absolute Gasteiger partial charge is 0.200 e. The van der Waals surface area contributed by atoms with Crippen molar-refractivity contribution >= 4 is 0 Å². The summed E-state index contributed by atoms with van der Waals surface area (Å²) in [5, 5.41) is 8.74. The molecular weight excluding hydrogens is 353 g/mol. The van der Waals surface area contributed by atoms with E-state index in [1.807, 2.05) is 0 Å². The zero-order valence-electron chi connectivity index (χ0n) is 11.7. The molecule has 0 fully saturated rings. The number of hydrogen-bond donors (Lipinski definition) is 0. The van der Waals surface area contributed by atoms with Crippen molar-refractivity contribution in [2.75, 3.05) is 0 Å². The molecule has 1 aromatic carbocycles. The number of alkyl halides is 9. The Bertz CT molecular complexity index is 587. The van der Waals surface area contributed by atoms with Crippen molar-refractivity contribution in [3.8, 4) is 6.07 Å². The lowest BCUT2D eigenvalue weighted by Crippen LogP contribution is -2.61. The third kappa shape index (κ3) is 3.76. The first-order chi connectivity index (χ1) is 10.8. The van der Waals surface area contributed by atoms with E-state index < -0.39 is 42.7 Å². The second-order valence-electron chi connectivity index (χ2n) is 5.07. The predicted molar refractivity (Wildman–Crippen MR) is 64.8 cm³/mol. The van der Waals surface area contributed by atoms with E-state index in [1.165, 1.54) is 36.4 Å². The Morgan fingerprint density at radius 2 is 1.33 bits per heavy atom. The van der Waals surface area contributed by atoms with Crippen LogP contribution in [0.25, 0.3) is 0 Å². The van der Waals surface area contributed by atoms with Gasteiger partial charge in [-0.15, -0.1) is 0 Å². The van der Waals surface area contributed by atoms with Gasteiger partial charge in [0.2, 0.25) is 0 Å². The quantitative estimate of drug-likeness (QED) is 0.635. The van der Waals surface area contributed by atoms with Gasteiger partial charge in [0.05, 0.1) is 12.0 Å². The molecule has 0 aromatic heterocycles. The molecule has 0 aliphatic rings. The van der Waals surface area contributed by atoms with Gasteiger partial charge in [0.15, 0.2) is 0 Å². The van der Waals surface area contributed by atoms with Crippen molar-refractivity contribution in [2.45, 2.75) is 36.8 Å². The molecule has 1 aromatic rings. The molecule has 24 heavy (non-hydrogen) atoms. The lowest BCUT2D eigenvalue weighted by molar-refractivity contribution is -0.397. The van der Waals surface area contributed by atoms with E-state index in [9.17, 15) is 39.5 Å².